The van der Waals surface area contributed by atoms with Gasteiger partial charge in [0, 0.05) is 16.9 Å². The van der Waals surface area contributed by atoms with Crippen molar-refractivity contribution in [1.82, 2.24) is 9.97 Å². The number of anilines is 1. The molecule has 6 heteroatoms. The number of nitrogens with zero attached hydrogens (tertiary/aromatic N) is 1. The molecule has 0 unspecified atom stereocenters. The fourth-order valence-corrected chi connectivity index (χ4v) is 2.26. The molecule has 0 fully saturated rings. The third-order valence-corrected chi connectivity index (χ3v) is 3.47. The summed E-state index contributed by atoms with van der Waals surface area (Å²) in [5, 5.41) is 2.70. The lowest BCUT2D eigenvalue weighted by atomic mass is 10.1. The summed E-state index contributed by atoms with van der Waals surface area (Å²) in [6.45, 7) is 1.68. The summed E-state index contributed by atoms with van der Waals surface area (Å²) < 4.78 is 18.6. The van der Waals surface area contributed by atoms with Gasteiger partial charge in [0.25, 0.3) is 5.91 Å². The van der Waals surface area contributed by atoms with Crippen LogP contribution in [-0.2, 0) is 4.79 Å². The van der Waals surface area contributed by atoms with E-state index in [2.05, 4.69) is 15.3 Å². The number of amides is 1. The number of imidazole rings is 1. The first-order valence-electron chi connectivity index (χ1n) is 7.41. The number of carbonyl (C=O) groups excluding carboxylic acids is 1. The van der Waals surface area contributed by atoms with E-state index in [9.17, 15) is 9.18 Å². The average Bonchev–Trinajstić information content (AvgIpc) is 3.01. The summed E-state index contributed by atoms with van der Waals surface area (Å²) in [6.07, 6.45) is 1.64. The third kappa shape index (κ3) is 3.60. The Labute approximate surface area is 138 Å². The molecule has 24 heavy (non-hydrogen) atoms. The highest BCUT2D eigenvalue weighted by Gasteiger charge is 2.08. The summed E-state index contributed by atoms with van der Waals surface area (Å²) in [4.78, 5) is 19.2. The lowest BCUT2D eigenvalue weighted by Crippen LogP contribution is -2.20. The second-order valence-electron chi connectivity index (χ2n) is 5.22. The maximum atomic E-state index is 13.4. The summed E-state index contributed by atoms with van der Waals surface area (Å²) in [5.74, 6) is -0.803. The van der Waals surface area contributed by atoms with Crippen LogP contribution in [0.5, 0.6) is 5.75 Å². The van der Waals surface area contributed by atoms with E-state index in [4.69, 9.17) is 4.74 Å². The third-order valence-electron chi connectivity index (χ3n) is 3.47. The topological polar surface area (TPSA) is 67.0 Å². The van der Waals surface area contributed by atoms with Gasteiger partial charge in [-0.25, -0.2) is 9.37 Å². The molecule has 3 aromatic rings. The number of nitrogens with one attached hydrogen (secondary N) is 2. The van der Waals surface area contributed by atoms with E-state index in [1.54, 1.807) is 30.6 Å². The van der Waals surface area contributed by atoms with Crippen LogP contribution in [0.3, 0.4) is 0 Å². The van der Waals surface area contributed by atoms with Gasteiger partial charge < -0.3 is 15.0 Å². The van der Waals surface area contributed by atoms with E-state index in [1.807, 2.05) is 19.1 Å². The van der Waals surface area contributed by atoms with Crippen molar-refractivity contribution in [1.29, 1.82) is 0 Å². The van der Waals surface area contributed by atoms with Gasteiger partial charge in [0.1, 0.15) is 0 Å². The van der Waals surface area contributed by atoms with Crippen molar-refractivity contribution in [3.8, 4) is 17.0 Å². The Kier molecular flexibility index (Phi) is 4.56. The van der Waals surface area contributed by atoms with Gasteiger partial charge in [-0.15, -0.1) is 0 Å². The van der Waals surface area contributed by atoms with E-state index >= 15 is 0 Å². The van der Waals surface area contributed by atoms with Crippen LogP contribution in [-0.4, -0.2) is 22.5 Å². The Bertz CT molecular complexity index is 843. The minimum atomic E-state index is -0.496. The number of benzene rings is 2. The Hall–Kier alpha value is -3.15. The number of hydrogen-bond acceptors (Lipinski definition) is 3. The van der Waals surface area contributed by atoms with Gasteiger partial charge in [0.05, 0.1) is 12.0 Å². The highest BCUT2D eigenvalue weighted by Crippen LogP contribution is 2.21. The molecular formula is C18H16FN3O2. The Morgan fingerprint density at radius 2 is 1.96 bits per heavy atom. The molecule has 0 aliphatic heterocycles. The fourth-order valence-electron chi connectivity index (χ4n) is 2.26. The zero-order chi connectivity index (χ0) is 16.9. The number of halogens is 1. The number of aromatic nitrogens is 2. The van der Waals surface area contributed by atoms with Crippen molar-refractivity contribution in [3.63, 3.8) is 0 Å². The molecule has 3 rings (SSSR count). The van der Waals surface area contributed by atoms with Crippen LogP contribution in [0, 0.1) is 12.7 Å². The Morgan fingerprint density at radius 1 is 1.21 bits per heavy atom. The Morgan fingerprint density at radius 3 is 2.62 bits per heavy atom. The number of hydrogen-bond donors (Lipinski definition) is 2. The van der Waals surface area contributed by atoms with Crippen molar-refractivity contribution < 1.29 is 13.9 Å². The second kappa shape index (κ2) is 6.95. The normalized spacial score (nSPS) is 10.4. The molecule has 122 valence electrons. The summed E-state index contributed by atoms with van der Waals surface area (Å²) >= 11 is 0. The van der Waals surface area contributed by atoms with Crippen LogP contribution in [0.15, 0.2) is 54.9 Å². The van der Waals surface area contributed by atoms with E-state index in [-0.39, 0.29) is 18.3 Å². The molecule has 0 saturated carbocycles. The molecule has 0 aliphatic rings. The van der Waals surface area contributed by atoms with Crippen LogP contribution in [0.4, 0.5) is 10.1 Å². The molecule has 0 saturated heterocycles. The molecule has 2 aromatic carbocycles. The van der Waals surface area contributed by atoms with Gasteiger partial charge in [-0.3, -0.25) is 4.79 Å². The molecule has 1 amide bonds. The molecular weight excluding hydrogens is 309 g/mol. The monoisotopic (exact) mass is 325 g/mol. The number of rotatable bonds is 5. The van der Waals surface area contributed by atoms with Gasteiger partial charge in [-0.2, -0.15) is 0 Å². The van der Waals surface area contributed by atoms with Crippen molar-refractivity contribution in [3.05, 3.63) is 66.4 Å². The first kappa shape index (κ1) is 15.7. The molecule has 2 N–H and O–H groups in total. The van der Waals surface area contributed by atoms with Crippen LogP contribution in [0.25, 0.3) is 11.3 Å². The van der Waals surface area contributed by atoms with E-state index in [0.29, 0.717) is 5.69 Å². The lowest BCUT2D eigenvalue weighted by Gasteiger charge is -2.08. The largest absolute Gasteiger partial charge is 0.481 e. The molecule has 1 aromatic heterocycles. The lowest BCUT2D eigenvalue weighted by molar-refractivity contribution is -0.118. The molecule has 0 bridgehead atoms. The van der Waals surface area contributed by atoms with Gasteiger partial charge in [0.2, 0.25) is 0 Å². The SMILES string of the molecule is Cc1[nH]cnc1-c1ccc(NC(=O)COc2ccccc2F)cc1. The quantitative estimate of drug-likeness (QED) is 0.754. The second-order valence-corrected chi connectivity index (χ2v) is 5.22. The van der Waals surface area contributed by atoms with Crippen LogP contribution in [0.1, 0.15) is 5.69 Å². The summed E-state index contributed by atoms with van der Waals surface area (Å²) in [5.41, 5.74) is 3.43. The highest BCUT2D eigenvalue weighted by molar-refractivity contribution is 5.92. The molecule has 0 atom stereocenters. The van der Waals surface area contributed by atoms with Gasteiger partial charge in [-0.05, 0) is 31.2 Å². The molecule has 1 heterocycles. The van der Waals surface area contributed by atoms with Crippen LogP contribution < -0.4 is 10.1 Å². The number of aryl methyl sites for hydroxylation is 1. The first-order valence-corrected chi connectivity index (χ1v) is 7.41. The van der Waals surface area contributed by atoms with Crippen molar-refractivity contribution in [2.24, 2.45) is 0 Å². The predicted molar refractivity (Wildman–Crippen MR) is 89.3 cm³/mol. The number of H-pyrrole nitrogens is 1. The highest BCUT2D eigenvalue weighted by atomic mass is 19.1. The maximum absolute atomic E-state index is 13.4. The van der Waals surface area contributed by atoms with Crippen LogP contribution >= 0.6 is 0 Å². The van der Waals surface area contributed by atoms with Crippen LogP contribution in [0.2, 0.25) is 0 Å². The number of aromatic amines is 1. The number of para-hydroxylation sites is 1. The summed E-state index contributed by atoms with van der Waals surface area (Å²) in [7, 11) is 0. The number of ether oxygens (including phenoxy) is 1. The Balaban J connectivity index is 1.59. The van der Waals surface area contributed by atoms with Gasteiger partial charge in [-0.1, -0.05) is 24.3 Å². The fraction of sp³-hybridized carbons (Fsp3) is 0.111. The van der Waals surface area contributed by atoms with Gasteiger partial charge in [0.15, 0.2) is 18.2 Å². The standard InChI is InChI=1S/C18H16FN3O2/c1-12-18(21-11-20-12)13-6-8-14(9-7-13)22-17(23)10-24-16-5-3-2-4-15(16)19/h2-9,11H,10H2,1H3,(H,20,21)(H,22,23). The first-order chi connectivity index (χ1) is 11.6. The minimum Gasteiger partial charge on any atom is -0.481 e. The predicted octanol–water partition coefficient (Wildman–Crippen LogP) is 3.54. The molecule has 0 spiro atoms. The number of carbonyl (C=O) groups is 1. The van der Waals surface area contributed by atoms with E-state index in [1.165, 1.54) is 12.1 Å². The van der Waals surface area contributed by atoms with E-state index < -0.39 is 5.82 Å². The zero-order valence-electron chi connectivity index (χ0n) is 13.0. The minimum absolute atomic E-state index is 0.0528. The van der Waals surface area contributed by atoms with E-state index in [0.717, 1.165) is 17.0 Å². The molecule has 0 aliphatic carbocycles. The van der Waals surface area contributed by atoms with Gasteiger partial charge >= 0.3 is 0 Å². The maximum Gasteiger partial charge on any atom is 0.262 e. The molecule has 5 nitrogen and oxygen atoms in total. The smallest absolute Gasteiger partial charge is 0.262 e. The van der Waals surface area contributed by atoms with Crippen molar-refractivity contribution in [2.45, 2.75) is 6.92 Å². The van der Waals surface area contributed by atoms with Crippen molar-refractivity contribution in [2.75, 3.05) is 11.9 Å². The average molecular weight is 325 g/mol. The zero-order valence-corrected chi connectivity index (χ0v) is 13.0. The summed E-state index contributed by atoms with van der Waals surface area (Å²) in [6, 6.07) is 13.3. The van der Waals surface area contributed by atoms with Crippen molar-refractivity contribution >= 4 is 11.6 Å². The molecule has 0 radical (unpaired) electrons.